The van der Waals surface area contributed by atoms with Crippen LogP contribution in [0.3, 0.4) is 0 Å². The maximum Gasteiger partial charge on any atom is 0.235 e. The highest BCUT2D eigenvalue weighted by Crippen LogP contribution is 2.39. The van der Waals surface area contributed by atoms with Gasteiger partial charge < -0.3 is 0 Å². The number of hydrogen-bond donors (Lipinski definition) is 0. The van der Waals surface area contributed by atoms with E-state index >= 15 is 0 Å². The van der Waals surface area contributed by atoms with E-state index in [0.29, 0.717) is 38.6 Å². The number of isocyanates is 4. The summed E-state index contributed by atoms with van der Waals surface area (Å²) >= 11 is 0. The molecule has 128 valence electrons. The minimum atomic E-state index is -1.03. The van der Waals surface area contributed by atoms with Crippen molar-refractivity contribution in [2.45, 2.75) is 69.0 Å². The van der Waals surface area contributed by atoms with E-state index in [1.807, 2.05) is 0 Å². The van der Waals surface area contributed by atoms with Gasteiger partial charge in [-0.05, 0) is 25.7 Å². The molecule has 0 aromatic carbocycles. The Labute approximate surface area is 139 Å². The molecule has 0 radical (unpaired) electrons. The molecule has 3 atom stereocenters. The van der Waals surface area contributed by atoms with Crippen LogP contribution in [-0.4, -0.2) is 48.5 Å². The summed E-state index contributed by atoms with van der Waals surface area (Å²) in [6.45, 7) is 0.404. The lowest BCUT2D eigenvalue weighted by Crippen LogP contribution is -2.51. The molecule has 1 aliphatic rings. The molecule has 0 spiro atoms. The minimum Gasteiger partial charge on any atom is -0.211 e. The normalized spacial score (nSPS) is 23.6. The van der Waals surface area contributed by atoms with E-state index in [1.165, 1.54) is 12.2 Å². The van der Waals surface area contributed by atoms with Gasteiger partial charge in [-0.1, -0.05) is 25.7 Å². The average Bonchev–Trinajstić information content (AvgIpc) is 2.59. The summed E-state index contributed by atoms with van der Waals surface area (Å²) in [6, 6.07) is -1.12. The highest BCUT2D eigenvalue weighted by Gasteiger charge is 2.47. The third-order valence-electron chi connectivity index (χ3n) is 4.44. The van der Waals surface area contributed by atoms with E-state index in [9.17, 15) is 19.2 Å². The van der Waals surface area contributed by atoms with Crippen molar-refractivity contribution in [3.05, 3.63) is 0 Å². The zero-order valence-corrected chi connectivity index (χ0v) is 13.4. The first-order valence-electron chi connectivity index (χ1n) is 8.01. The fraction of sp³-hybridized carbons (Fsp3) is 0.750. The van der Waals surface area contributed by atoms with E-state index in [1.54, 1.807) is 12.2 Å². The maximum atomic E-state index is 11.0. The highest BCUT2D eigenvalue weighted by molar-refractivity contribution is 5.40. The van der Waals surface area contributed by atoms with Gasteiger partial charge in [0.2, 0.25) is 24.3 Å². The molecule has 0 amide bonds. The Balaban J connectivity index is 2.93. The van der Waals surface area contributed by atoms with E-state index < -0.39 is 17.6 Å². The van der Waals surface area contributed by atoms with Crippen LogP contribution in [0.5, 0.6) is 0 Å². The first kappa shape index (κ1) is 19.6. The highest BCUT2D eigenvalue weighted by atomic mass is 16.1. The van der Waals surface area contributed by atoms with Gasteiger partial charge in [0.15, 0.2) is 0 Å². The van der Waals surface area contributed by atoms with Crippen LogP contribution < -0.4 is 0 Å². The van der Waals surface area contributed by atoms with Crippen molar-refractivity contribution < 1.29 is 19.2 Å². The fourth-order valence-corrected chi connectivity index (χ4v) is 3.32. The Kier molecular flexibility index (Phi) is 9.06. The average molecular weight is 332 g/mol. The number of nitrogens with zero attached hydrogens (tertiary/aromatic N) is 4. The Morgan fingerprint density at radius 2 is 1.79 bits per heavy atom. The van der Waals surface area contributed by atoms with Gasteiger partial charge in [0.1, 0.15) is 5.54 Å². The summed E-state index contributed by atoms with van der Waals surface area (Å²) < 4.78 is 0. The van der Waals surface area contributed by atoms with Crippen molar-refractivity contribution in [1.29, 1.82) is 0 Å². The van der Waals surface area contributed by atoms with Gasteiger partial charge in [-0.25, -0.2) is 24.2 Å². The summed E-state index contributed by atoms with van der Waals surface area (Å²) in [6.07, 6.45) is 11.6. The van der Waals surface area contributed by atoms with Crippen LogP contribution in [0.1, 0.15) is 51.4 Å². The zero-order chi connectivity index (χ0) is 17.7. The van der Waals surface area contributed by atoms with Crippen LogP contribution in [0.15, 0.2) is 20.0 Å². The van der Waals surface area contributed by atoms with Gasteiger partial charge in [-0.15, -0.1) is 0 Å². The monoisotopic (exact) mass is 332 g/mol. The van der Waals surface area contributed by atoms with Gasteiger partial charge in [-0.3, -0.25) is 0 Å². The van der Waals surface area contributed by atoms with Crippen molar-refractivity contribution in [2.24, 2.45) is 20.0 Å². The van der Waals surface area contributed by atoms with E-state index in [0.717, 1.165) is 19.3 Å². The molecule has 1 rings (SSSR count). The van der Waals surface area contributed by atoms with Gasteiger partial charge in [0, 0.05) is 0 Å². The lowest BCUT2D eigenvalue weighted by Gasteiger charge is -2.40. The molecule has 0 N–H and O–H groups in total. The molecule has 0 aromatic heterocycles. The van der Waals surface area contributed by atoms with Crippen molar-refractivity contribution in [1.82, 2.24) is 0 Å². The smallest absolute Gasteiger partial charge is 0.211 e. The number of carbonyl (C=O) groups excluding carboxylic acids is 4. The fourth-order valence-electron chi connectivity index (χ4n) is 3.32. The van der Waals surface area contributed by atoms with Crippen LogP contribution in [0.2, 0.25) is 0 Å². The first-order chi connectivity index (χ1) is 11.7. The van der Waals surface area contributed by atoms with Crippen molar-refractivity contribution in [3.63, 3.8) is 0 Å². The van der Waals surface area contributed by atoms with E-state index in [-0.39, 0.29) is 0 Å². The minimum absolute atomic E-state index is 0.404. The van der Waals surface area contributed by atoms with Crippen molar-refractivity contribution >= 4 is 24.3 Å². The standard InChI is InChI=1S/C16H20N4O4/c21-10-17-9-5-1-2-6-14(18-11-22)16(20-13-24)8-4-3-7-15(16)19-12-23/h14-15H,1-9H2. The summed E-state index contributed by atoms with van der Waals surface area (Å²) in [5, 5.41) is 0. The second-order valence-electron chi connectivity index (χ2n) is 5.73. The molecule has 0 bridgehead atoms. The molecular weight excluding hydrogens is 312 g/mol. The molecule has 1 fully saturated rings. The van der Waals surface area contributed by atoms with Crippen LogP contribution in [-0.2, 0) is 19.2 Å². The quantitative estimate of drug-likeness (QED) is 0.345. The van der Waals surface area contributed by atoms with Crippen LogP contribution in [0.4, 0.5) is 0 Å². The lowest BCUT2D eigenvalue weighted by molar-refractivity contribution is 0.206. The van der Waals surface area contributed by atoms with Crippen molar-refractivity contribution in [3.8, 4) is 0 Å². The van der Waals surface area contributed by atoms with Gasteiger partial charge in [0.05, 0.1) is 18.6 Å². The molecule has 0 aliphatic heterocycles. The molecule has 1 saturated carbocycles. The second kappa shape index (κ2) is 11.1. The predicted molar refractivity (Wildman–Crippen MR) is 84.6 cm³/mol. The summed E-state index contributed by atoms with van der Waals surface area (Å²) in [4.78, 5) is 57.6. The Hall–Kier alpha value is -2.48. The number of aliphatic imine (C=N–C) groups is 4. The SMILES string of the molecule is O=C=NCCCCCC(N=C=O)C1(N=C=O)CCCCC1N=C=O. The number of hydrogen-bond acceptors (Lipinski definition) is 8. The van der Waals surface area contributed by atoms with Gasteiger partial charge in [0.25, 0.3) is 0 Å². The lowest BCUT2D eigenvalue weighted by atomic mass is 9.72. The molecule has 8 heteroatoms. The molecule has 0 aromatic rings. The predicted octanol–water partition coefficient (Wildman–Crippen LogP) is 1.94. The molecule has 8 nitrogen and oxygen atoms in total. The molecule has 0 saturated heterocycles. The Bertz CT molecular complexity index is 597. The summed E-state index contributed by atoms with van der Waals surface area (Å²) in [5.41, 5.74) is -1.03. The third kappa shape index (κ3) is 5.31. The maximum absolute atomic E-state index is 11.0. The largest absolute Gasteiger partial charge is 0.235 e. The topological polar surface area (TPSA) is 118 Å². The first-order valence-corrected chi connectivity index (χ1v) is 8.01. The summed E-state index contributed by atoms with van der Waals surface area (Å²) in [7, 11) is 0. The van der Waals surface area contributed by atoms with Gasteiger partial charge in [-0.2, -0.15) is 15.0 Å². The van der Waals surface area contributed by atoms with Crippen LogP contribution in [0, 0.1) is 0 Å². The number of unbranched alkanes of at least 4 members (excludes halogenated alkanes) is 2. The number of rotatable bonds is 10. The van der Waals surface area contributed by atoms with Crippen molar-refractivity contribution in [2.75, 3.05) is 6.54 Å². The molecular formula is C16H20N4O4. The summed E-state index contributed by atoms with van der Waals surface area (Å²) in [5.74, 6) is 0. The van der Waals surface area contributed by atoms with Crippen LogP contribution >= 0.6 is 0 Å². The molecule has 24 heavy (non-hydrogen) atoms. The third-order valence-corrected chi connectivity index (χ3v) is 4.44. The van der Waals surface area contributed by atoms with E-state index in [4.69, 9.17) is 0 Å². The molecule has 3 unspecified atom stereocenters. The van der Waals surface area contributed by atoms with E-state index in [2.05, 4.69) is 20.0 Å². The molecule has 0 heterocycles. The molecule has 1 aliphatic carbocycles. The Morgan fingerprint density at radius 1 is 0.958 bits per heavy atom. The van der Waals surface area contributed by atoms with Gasteiger partial charge >= 0.3 is 0 Å². The second-order valence-corrected chi connectivity index (χ2v) is 5.73. The Morgan fingerprint density at radius 3 is 2.46 bits per heavy atom. The zero-order valence-electron chi connectivity index (χ0n) is 13.4. The van der Waals surface area contributed by atoms with Crippen LogP contribution in [0.25, 0.3) is 0 Å².